The van der Waals surface area contributed by atoms with Gasteiger partial charge in [0.2, 0.25) is 5.88 Å². The first-order valence-corrected chi connectivity index (χ1v) is 13.6. The van der Waals surface area contributed by atoms with Crippen molar-refractivity contribution in [2.75, 3.05) is 6.61 Å². The van der Waals surface area contributed by atoms with Crippen LogP contribution in [0.2, 0.25) is 5.02 Å². The number of para-hydroxylation sites is 2. The van der Waals surface area contributed by atoms with Crippen LogP contribution in [-0.2, 0) is 6.54 Å². The van der Waals surface area contributed by atoms with Crippen LogP contribution in [0.1, 0.15) is 48.7 Å². The SMILES string of the molecule is Cc1ncc(Cl)cc1C(=O)N[C@H]1CC[C@H](Cn2c(=O)n(-c3ccc(OC[C@H](C)O)nc3)c3ccccc32)CC1. The number of amides is 1. The molecule has 1 atom stereocenters. The van der Waals surface area contributed by atoms with E-state index in [0.717, 1.165) is 36.7 Å². The first kappa shape index (κ1) is 26.9. The molecular formula is C29H32ClN5O4. The fraction of sp³-hybridized carbons (Fsp3) is 0.379. The van der Waals surface area contributed by atoms with E-state index in [1.807, 2.05) is 28.8 Å². The lowest BCUT2D eigenvalue weighted by Gasteiger charge is -2.29. The number of fused-ring (bicyclic) bond motifs is 1. The quantitative estimate of drug-likeness (QED) is 0.339. The number of hydrogen-bond donors (Lipinski definition) is 2. The molecule has 0 saturated heterocycles. The molecule has 1 amide bonds. The maximum absolute atomic E-state index is 13.6. The molecule has 1 aliphatic carbocycles. The fourth-order valence-corrected chi connectivity index (χ4v) is 5.34. The van der Waals surface area contributed by atoms with Gasteiger partial charge in [0.15, 0.2) is 0 Å². The first-order chi connectivity index (χ1) is 18.8. The van der Waals surface area contributed by atoms with E-state index in [9.17, 15) is 14.7 Å². The van der Waals surface area contributed by atoms with Gasteiger partial charge < -0.3 is 15.2 Å². The zero-order valence-corrected chi connectivity index (χ0v) is 22.8. The molecule has 9 nitrogen and oxygen atoms in total. The van der Waals surface area contributed by atoms with E-state index in [1.165, 1.54) is 6.20 Å². The van der Waals surface area contributed by atoms with Gasteiger partial charge in [-0.05, 0) is 69.7 Å². The number of nitrogens with one attached hydrogen (secondary N) is 1. The van der Waals surface area contributed by atoms with Gasteiger partial charge in [0, 0.05) is 24.8 Å². The molecular weight excluding hydrogens is 518 g/mol. The first-order valence-electron chi connectivity index (χ1n) is 13.2. The van der Waals surface area contributed by atoms with Crippen molar-refractivity contribution >= 4 is 28.5 Å². The second-order valence-electron chi connectivity index (χ2n) is 10.2. The predicted molar refractivity (Wildman–Crippen MR) is 150 cm³/mol. The largest absolute Gasteiger partial charge is 0.475 e. The summed E-state index contributed by atoms with van der Waals surface area (Å²) >= 11 is 6.04. The van der Waals surface area contributed by atoms with Crippen molar-refractivity contribution in [1.82, 2.24) is 24.4 Å². The number of aliphatic hydroxyl groups is 1. The lowest BCUT2D eigenvalue weighted by atomic mass is 9.85. The molecule has 3 heterocycles. The van der Waals surface area contributed by atoms with Gasteiger partial charge in [-0.2, -0.15) is 0 Å². The van der Waals surface area contributed by atoms with Gasteiger partial charge in [-0.25, -0.2) is 9.78 Å². The van der Waals surface area contributed by atoms with Crippen LogP contribution in [-0.4, -0.2) is 48.9 Å². The molecule has 4 aromatic rings. The second-order valence-corrected chi connectivity index (χ2v) is 10.6. The van der Waals surface area contributed by atoms with Crippen LogP contribution < -0.4 is 15.7 Å². The van der Waals surface area contributed by atoms with Crippen molar-refractivity contribution in [3.63, 3.8) is 0 Å². The number of aromatic nitrogens is 4. The van der Waals surface area contributed by atoms with E-state index in [1.54, 1.807) is 42.8 Å². The second kappa shape index (κ2) is 11.6. The van der Waals surface area contributed by atoms with Crippen LogP contribution in [0.5, 0.6) is 5.88 Å². The Balaban J connectivity index is 1.28. The van der Waals surface area contributed by atoms with E-state index in [2.05, 4.69) is 15.3 Å². The number of rotatable bonds is 8. The van der Waals surface area contributed by atoms with Gasteiger partial charge in [-0.15, -0.1) is 0 Å². The van der Waals surface area contributed by atoms with Gasteiger partial charge in [0.25, 0.3) is 5.91 Å². The highest BCUT2D eigenvalue weighted by Gasteiger charge is 2.25. The molecule has 0 spiro atoms. The molecule has 3 aromatic heterocycles. The summed E-state index contributed by atoms with van der Waals surface area (Å²) in [5.74, 6) is 0.558. The molecule has 0 aliphatic heterocycles. The Morgan fingerprint density at radius 1 is 1.13 bits per heavy atom. The summed E-state index contributed by atoms with van der Waals surface area (Å²) < 4.78 is 8.98. The maximum atomic E-state index is 13.6. The lowest BCUT2D eigenvalue weighted by Crippen LogP contribution is -2.39. The standard InChI is InChI=1S/C29H32ClN5O4/c1-18(36)17-39-27-12-11-23(15-32-27)35-26-6-4-3-5-25(26)34(29(35)38)16-20-7-9-22(10-8-20)33-28(37)24-13-21(30)14-31-19(24)2/h3-6,11-15,18,20,22,36H,7-10,16-17H2,1-2H3,(H,33,37)/t18-,20-,22-/m0/s1. The number of benzene rings is 1. The molecule has 2 N–H and O–H groups in total. The number of hydrogen-bond acceptors (Lipinski definition) is 6. The molecule has 1 saturated carbocycles. The Labute approximate surface area is 231 Å². The van der Waals surface area contributed by atoms with E-state index in [0.29, 0.717) is 40.3 Å². The van der Waals surface area contributed by atoms with Crippen LogP contribution in [0.25, 0.3) is 16.7 Å². The zero-order chi connectivity index (χ0) is 27.5. The van der Waals surface area contributed by atoms with Crippen molar-refractivity contribution in [2.24, 2.45) is 5.92 Å². The summed E-state index contributed by atoms with van der Waals surface area (Å²) in [4.78, 5) is 34.9. The number of ether oxygens (including phenoxy) is 1. The lowest BCUT2D eigenvalue weighted by molar-refractivity contribution is 0.0919. The topological polar surface area (TPSA) is 111 Å². The maximum Gasteiger partial charge on any atom is 0.333 e. The van der Waals surface area contributed by atoms with Gasteiger partial charge in [-0.3, -0.25) is 18.9 Å². The molecule has 1 aromatic carbocycles. The third kappa shape index (κ3) is 5.99. The molecule has 204 valence electrons. The number of nitrogens with zero attached hydrogens (tertiary/aromatic N) is 4. The molecule has 5 rings (SSSR count). The fourth-order valence-electron chi connectivity index (χ4n) is 5.18. The van der Waals surface area contributed by atoms with Crippen LogP contribution in [0.4, 0.5) is 0 Å². The Hall–Kier alpha value is -3.69. The number of carbonyl (C=O) groups is 1. The number of pyridine rings is 2. The monoisotopic (exact) mass is 549 g/mol. The highest BCUT2D eigenvalue weighted by atomic mass is 35.5. The minimum absolute atomic E-state index is 0.0748. The van der Waals surface area contributed by atoms with E-state index >= 15 is 0 Å². The van der Waals surface area contributed by atoms with Crippen molar-refractivity contribution < 1.29 is 14.6 Å². The van der Waals surface area contributed by atoms with E-state index < -0.39 is 6.10 Å². The predicted octanol–water partition coefficient (Wildman–Crippen LogP) is 4.29. The highest BCUT2D eigenvalue weighted by molar-refractivity contribution is 6.30. The van der Waals surface area contributed by atoms with Gasteiger partial charge >= 0.3 is 5.69 Å². The average Bonchev–Trinajstić information content (AvgIpc) is 3.21. The molecule has 39 heavy (non-hydrogen) atoms. The Kier molecular flexibility index (Phi) is 7.99. The third-order valence-corrected chi connectivity index (χ3v) is 7.41. The molecule has 1 fully saturated rings. The van der Waals surface area contributed by atoms with Gasteiger partial charge in [0.05, 0.1) is 45.3 Å². The normalized spacial score (nSPS) is 18.2. The summed E-state index contributed by atoms with van der Waals surface area (Å²) in [5.41, 5.74) is 3.37. The molecule has 1 aliphatic rings. The third-order valence-electron chi connectivity index (χ3n) is 7.21. The number of aliphatic hydroxyl groups excluding tert-OH is 1. The summed E-state index contributed by atoms with van der Waals surface area (Å²) in [6.07, 6.45) is 6.05. The highest BCUT2D eigenvalue weighted by Crippen LogP contribution is 2.28. The Morgan fingerprint density at radius 2 is 1.87 bits per heavy atom. The summed E-state index contributed by atoms with van der Waals surface area (Å²) in [7, 11) is 0. The van der Waals surface area contributed by atoms with Crippen LogP contribution in [0.3, 0.4) is 0 Å². The van der Waals surface area contributed by atoms with E-state index in [4.69, 9.17) is 16.3 Å². The average molecular weight is 550 g/mol. The van der Waals surface area contributed by atoms with E-state index in [-0.39, 0.29) is 24.2 Å². The van der Waals surface area contributed by atoms with Crippen molar-refractivity contribution in [3.8, 4) is 11.6 Å². The number of aryl methyl sites for hydroxylation is 1. The van der Waals surface area contributed by atoms with Gasteiger partial charge in [-0.1, -0.05) is 23.7 Å². The Bertz CT molecular complexity index is 1520. The Morgan fingerprint density at radius 3 is 2.56 bits per heavy atom. The molecule has 0 radical (unpaired) electrons. The van der Waals surface area contributed by atoms with Crippen molar-refractivity contribution in [1.29, 1.82) is 0 Å². The van der Waals surface area contributed by atoms with Crippen molar-refractivity contribution in [2.45, 2.75) is 58.2 Å². The van der Waals surface area contributed by atoms with Crippen LogP contribution in [0, 0.1) is 12.8 Å². The number of imidazole rings is 1. The number of halogens is 1. The minimum atomic E-state index is -0.595. The van der Waals surface area contributed by atoms with Crippen LogP contribution in [0.15, 0.2) is 59.7 Å². The molecule has 0 bridgehead atoms. The summed E-state index contributed by atoms with van der Waals surface area (Å²) in [6, 6.07) is 13.0. The van der Waals surface area contributed by atoms with Crippen molar-refractivity contribution in [3.05, 3.63) is 81.6 Å². The molecule has 0 unspecified atom stereocenters. The van der Waals surface area contributed by atoms with Crippen LogP contribution >= 0.6 is 11.6 Å². The van der Waals surface area contributed by atoms with Gasteiger partial charge in [0.1, 0.15) is 6.61 Å². The zero-order valence-electron chi connectivity index (χ0n) is 22.0. The smallest absolute Gasteiger partial charge is 0.333 e. The molecule has 10 heteroatoms. The summed E-state index contributed by atoms with van der Waals surface area (Å²) in [6.45, 7) is 4.19. The number of carbonyl (C=O) groups excluding carboxylic acids is 1. The summed E-state index contributed by atoms with van der Waals surface area (Å²) in [5, 5.41) is 13.0. The minimum Gasteiger partial charge on any atom is -0.475 e.